The minimum absolute atomic E-state index is 0.130. The van der Waals surface area contributed by atoms with Crippen LogP contribution in [-0.2, 0) is 18.8 Å². The third-order valence-corrected chi connectivity index (χ3v) is 6.61. The predicted molar refractivity (Wildman–Crippen MR) is 134 cm³/mol. The quantitative estimate of drug-likeness (QED) is 0.300. The number of carbonyl (C=O) groups excluding carboxylic acids is 1. The zero-order valence-electron chi connectivity index (χ0n) is 18.8. The van der Waals surface area contributed by atoms with Crippen LogP contribution in [0.5, 0.6) is 0 Å². The van der Waals surface area contributed by atoms with Crippen LogP contribution in [0.4, 0.5) is 0 Å². The fourth-order valence-electron chi connectivity index (χ4n) is 3.67. The first kappa shape index (κ1) is 22.0. The van der Waals surface area contributed by atoms with E-state index in [9.17, 15) is 4.79 Å². The van der Waals surface area contributed by atoms with Crippen LogP contribution >= 0.6 is 11.8 Å². The largest absolute Gasteiger partial charge is 0.467 e. The van der Waals surface area contributed by atoms with Crippen molar-refractivity contribution in [2.24, 2.45) is 0 Å². The highest BCUT2D eigenvalue weighted by Crippen LogP contribution is 2.27. The number of rotatable bonds is 8. The standard InChI is InChI=1S/C27H24N4O2S/c1-19-4-6-21(7-5-19)18-34-27-30-24-12-13-28-16-25(24)31(27)17-20-8-10-22(11-9-20)26(32)29-15-23-3-2-14-33-23/h2-14,16H,15,17-18H2,1H3,(H,29,32). The number of carbonyl (C=O) groups is 1. The van der Waals surface area contributed by atoms with E-state index in [2.05, 4.69) is 46.1 Å². The number of furan rings is 1. The van der Waals surface area contributed by atoms with Crippen molar-refractivity contribution in [1.82, 2.24) is 19.9 Å². The normalized spacial score (nSPS) is 11.1. The molecule has 0 saturated heterocycles. The third kappa shape index (κ3) is 5.05. The van der Waals surface area contributed by atoms with Crippen LogP contribution in [0.25, 0.3) is 11.0 Å². The molecule has 0 radical (unpaired) electrons. The number of benzene rings is 2. The molecule has 7 heteroatoms. The van der Waals surface area contributed by atoms with Crippen molar-refractivity contribution < 1.29 is 9.21 Å². The number of pyridine rings is 1. The van der Waals surface area contributed by atoms with E-state index in [1.807, 2.05) is 42.6 Å². The second kappa shape index (κ2) is 9.97. The molecule has 5 aromatic rings. The monoisotopic (exact) mass is 468 g/mol. The van der Waals surface area contributed by atoms with Gasteiger partial charge in [0.1, 0.15) is 5.76 Å². The van der Waals surface area contributed by atoms with Gasteiger partial charge in [-0.15, -0.1) is 0 Å². The molecule has 3 heterocycles. The van der Waals surface area contributed by atoms with E-state index in [0.29, 0.717) is 18.7 Å². The lowest BCUT2D eigenvalue weighted by atomic mass is 10.1. The summed E-state index contributed by atoms with van der Waals surface area (Å²) in [7, 11) is 0. The number of aryl methyl sites for hydroxylation is 1. The first-order valence-electron chi connectivity index (χ1n) is 11.0. The van der Waals surface area contributed by atoms with Crippen LogP contribution in [0.1, 0.15) is 32.8 Å². The van der Waals surface area contributed by atoms with Crippen molar-refractivity contribution in [2.45, 2.75) is 30.9 Å². The molecule has 0 spiro atoms. The van der Waals surface area contributed by atoms with Gasteiger partial charge < -0.3 is 14.3 Å². The van der Waals surface area contributed by atoms with Crippen LogP contribution in [0.2, 0.25) is 0 Å². The summed E-state index contributed by atoms with van der Waals surface area (Å²) in [5, 5.41) is 3.82. The Morgan fingerprint density at radius 3 is 2.59 bits per heavy atom. The van der Waals surface area contributed by atoms with Gasteiger partial charge in [-0.05, 0) is 48.4 Å². The maximum atomic E-state index is 12.5. The molecule has 1 N–H and O–H groups in total. The number of nitrogens with one attached hydrogen (secondary N) is 1. The van der Waals surface area contributed by atoms with Crippen molar-refractivity contribution in [3.8, 4) is 0 Å². The molecule has 0 atom stereocenters. The molecule has 6 nitrogen and oxygen atoms in total. The summed E-state index contributed by atoms with van der Waals surface area (Å²) in [4.78, 5) is 21.6. The Balaban J connectivity index is 1.31. The van der Waals surface area contributed by atoms with E-state index in [1.165, 1.54) is 11.1 Å². The van der Waals surface area contributed by atoms with Gasteiger partial charge in [-0.25, -0.2) is 4.98 Å². The molecule has 0 fully saturated rings. The van der Waals surface area contributed by atoms with Gasteiger partial charge >= 0.3 is 0 Å². The van der Waals surface area contributed by atoms with E-state index in [4.69, 9.17) is 9.40 Å². The van der Waals surface area contributed by atoms with Gasteiger partial charge in [-0.2, -0.15) is 0 Å². The SMILES string of the molecule is Cc1ccc(CSc2nc3ccncc3n2Cc2ccc(C(=O)NCc3ccco3)cc2)cc1. The van der Waals surface area contributed by atoms with E-state index in [0.717, 1.165) is 33.3 Å². The zero-order valence-corrected chi connectivity index (χ0v) is 19.6. The van der Waals surface area contributed by atoms with Crippen molar-refractivity contribution in [3.05, 3.63) is 113 Å². The Labute approximate surface area is 202 Å². The molecule has 34 heavy (non-hydrogen) atoms. The van der Waals surface area contributed by atoms with Gasteiger partial charge in [0.25, 0.3) is 5.91 Å². The van der Waals surface area contributed by atoms with E-state index < -0.39 is 0 Å². The van der Waals surface area contributed by atoms with Crippen LogP contribution in [0.15, 0.2) is 95.0 Å². The van der Waals surface area contributed by atoms with Gasteiger partial charge in [0, 0.05) is 17.5 Å². The average Bonchev–Trinajstić information content (AvgIpc) is 3.51. The Hall–Kier alpha value is -3.84. The molecule has 0 bridgehead atoms. The first-order valence-corrected chi connectivity index (χ1v) is 12.0. The van der Waals surface area contributed by atoms with Crippen LogP contribution in [-0.4, -0.2) is 20.4 Å². The summed E-state index contributed by atoms with van der Waals surface area (Å²) >= 11 is 1.72. The van der Waals surface area contributed by atoms with E-state index >= 15 is 0 Å². The van der Waals surface area contributed by atoms with Crippen LogP contribution < -0.4 is 5.32 Å². The number of aromatic nitrogens is 3. The van der Waals surface area contributed by atoms with Crippen LogP contribution in [0, 0.1) is 6.92 Å². The second-order valence-electron chi connectivity index (χ2n) is 8.08. The fourth-order valence-corrected chi connectivity index (χ4v) is 4.64. The van der Waals surface area contributed by atoms with Gasteiger partial charge in [0.05, 0.1) is 36.6 Å². The predicted octanol–water partition coefficient (Wildman–Crippen LogP) is 5.60. The number of thioether (sulfide) groups is 1. The van der Waals surface area contributed by atoms with Gasteiger partial charge in [0.15, 0.2) is 5.16 Å². The minimum atomic E-state index is -0.130. The van der Waals surface area contributed by atoms with Crippen LogP contribution in [0.3, 0.4) is 0 Å². The molecule has 0 saturated carbocycles. The summed E-state index contributed by atoms with van der Waals surface area (Å²) in [6.07, 6.45) is 5.22. The Kier molecular flexibility index (Phi) is 6.44. The highest BCUT2D eigenvalue weighted by molar-refractivity contribution is 7.98. The molecule has 0 unspecified atom stereocenters. The number of amides is 1. The molecule has 0 aliphatic carbocycles. The number of hydrogen-bond acceptors (Lipinski definition) is 5. The van der Waals surface area contributed by atoms with Gasteiger partial charge in [-0.1, -0.05) is 53.7 Å². The lowest BCUT2D eigenvalue weighted by Crippen LogP contribution is -2.22. The van der Waals surface area contributed by atoms with E-state index in [-0.39, 0.29) is 5.91 Å². The molecule has 0 aliphatic rings. The van der Waals surface area contributed by atoms with Crippen molar-refractivity contribution in [2.75, 3.05) is 0 Å². The molecule has 2 aromatic carbocycles. The minimum Gasteiger partial charge on any atom is -0.467 e. The summed E-state index contributed by atoms with van der Waals surface area (Å²) in [6.45, 7) is 3.10. The summed E-state index contributed by atoms with van der Waals surface area (Å²) in [6, 6.07) is 21.8. The maximum absolute atomic E-state index is 12.5. The third-order valence-electron chi connectivity index (χ3n) is 5.56. The number of fused-ring (bicyclic) bond motifs is 1. The summed E-state index contributed by atoms with van der Waals surface area (Å²) in [5.41, 5.74) is 6.14. The number of hydrogen-bond donors (Lipinski definition) is 1. The molecular weight excluding hydrogens is 444 g/mol. The zero-order chi connectivity index (χ0) is 23.3. The number of imidazole rings is 1. The molecule has 0 aliphatic heterocycles. The fraction of sp³-hybridized carbons (Fsp3) is 0.148. The Bertz CT molecular complexity index is 1390. The lowest BCUT2D eigenvalue weighted by Gasteiger charge is -2.10. The highest BCUT2D eigenvalue weighted by atomic mass is 32.2. The van der Waals surface area contributed by atoms with Gasteiger partial charge in [-0.3, -0.25) is 9.78 Å². The topological polar surface area (TPSA) is 73.0 Å². The Morgan fingerprint density at radius 1 is 1.03 bits per heavy atom. The average molecular weight is 469 g/mol. The van der Waals surface area contributed by atoms with Gasteiger partial charge in [0.2, 0.25) is 0 Å². The molecule has 1 amide bonds. The molecule has 3 aromatic heterocycles. The Morgan fingerprint density at radius 2 is 1.82 bits per heavy atom. The first-order chi connectivity index (χ1) is 16.7. The van der Waals surface area contributed by atoms with E-state index in [1.54, 1.807) is 30.3 Å². The second-order valence-corrected chi connectivity index (χ2v) is 9.02. The van der Waals surface area contributed by atoms with Crippen molar-refractivity contribution in [3.63, 3.8) is 0 Å². The number of nitrogens with zero attached hydrogens (tertiary/aromatic N) is 3. The van der Waals surface area contributed by atoms with Crippen molar-refractivity contribution >= 4 is 28.7 Å². The highest BCUT2D eigenvalue weighted by Gasteiger charge is 2.13. The maximum Gasteiger partial charge on any atom is 0.251 e. The molecule has 170 valence electrons. The van der Waals surface area contributed by atoms with Crippen molar-refractivity contribution in [1.29, 1.82) is 0 Å². The summed E-state index contributed by atoms with van der Waals surface area (Å²) in [5.74, 6) is 1.43. The lowest BCUT2D eigenvalue weighted by molar-refractivity contribution is 0.0948. The summed E-state index contributed by atoms with van der Waals surface area (Å²) < 4.78 is 7.45. The smallest absolute Gasteiger partial charge is 0.251 e. The molecule has 5 rings (SSSR count). The molecular formula is C27H24N4O2S.